The van der Waals surface area contributed by atoms with Crippen molar-refractivity contribution in [1.29, 1.82) is 0 Å². The Kier molecular flexibility index (Phi) is 4.61. The lowest BCUT2D eigenvalue weighted by Gasteiger charge is -2.10. The third kappa shape index (κ3) is 3.29. The Labute approximate surface area is 147 Å². The maximum absolute atomic E-state index is 12.1. The van der Waals surface area contributed by atoms with Crippen LogP contribution in [0.2, 0.25) is 0 Å². The highest BCUT2D eigenvalue weighted by molar-refractivity contribution is 6.02. The van der Waals surface area contributed by atoms with Gasteiger partial charge in [-0.25, -0.2) is 0 Å². The number of nitrogens with zero attached hydrogens (tertiary/aromatic N) is 1. The molecule has 1 amide bonds. The van der Waals surface area contributed by atoms with Gasteiger partial charge in [0.25, 0.3) is 5.91 Å². The van der Waals surface area contributed by atoms with Gasteiger partial charge in [-0.05, 0) is 43.5 Å². The smallest absolute Gasteiger partial charge is 0.251 e. The minimum Gasteiger partial charge on any atom is -0.508 e. The lowest BCUT2D eigenvalue weighted by Crippen LogP contribution is -2.13. The van der Waals surface area contributed by atoms with Gasteiger partial charge in [-0.3, -0.25) is 4.79 Å². The average molecular weight is 334 g/mol. The van der Waals surface area contributed by atoms with Crippen molar-refractivity contribution >= 4 is 5.91 Å². The lowest BCUT2D eigenvalue weighted by molar-refractivity contribution is 0.1000. The van der Waals surface area contributed by atoms with Crippen LogP contribution in [0.4, 0.5) is 0 Å². The van der Waals surface area contributed by atoms with Gasteiger partial charge in [0.05, 0.1) is 5.56 Å². The molecule has 0 saturated carbocycles. The van der Waals surface area contributed by atoms with Crippen LogP contribution in [0.15, 0.2) is 54.6 Å². The first-order chi connectivity index (χ1) is 12.0. The number of aromatic hydroxyl groups is 1. The fraction of sp³-hybridized carbons (Fsp3) is 0.190. The lowest BCUT2D eigenvalue weighted by atomic mass is 10.00. The Balaban J connectivity index is 2.05. The van der Waals surface area contributed by atoms with E-state index in [0.717, 1.165) is 35.5 Å². The molecular weight excluding hydrogens is 312 g/mol. The second kappa shape index (κ2) is 6.85. The van der Waals surface area contributed by atoms with E-state index < -0.39 is 5.91 Å². The molecular formula is C21H22N2O2. The molecule has 0 fully saturated rings. The number of phenolic OH excluding ortho intramolecular Hbond substituents is 1. The molecule has 0 unspecified atom stereocenters. The maximum Gasteiger partial charge on any atom is 0.251 e. The quantitative estimate of drug-likeness (QED) is 0.745. The highest BCUT2D eigenvalue weighted by atomic mass is 16.3. The number of carbonyl (C=O) groups is 1. The number of nitrogens with two attached hydrogens (primary N) is 1. The van der Waals surface area contributed by atoms with Crippen molar-refractivity contribution < 1.29 is 9.90 Å². The summed E-state index contributed by atoms with van der Waals surface area (Å²) in [6.07, 6.45) is 0.870. The van der Waals surface area contributed by atoms with E-state index in [9.17, 15) is 9.90 Å². The van der Waals surface area contributed by atoms with Crippen LogP contribution in [0.1, 0.15) is 27.3 Å². The fourth-order valence-electron chi connectivity index (χ4n) is 3.42. The van der Waals surface area contributed by atoms with Gasteiger partial charge in [-0.1, -0.05) is 42.5 Å². The van der Waals surface area contributed by atoms with Crippen molar-refractivity contribution in [3.8, 4) is 16.9 Å². The molecule has 0 radical (unpaired) electrons. The van der Waals surface area contributed by atoms with Crippen LogP contribution in [0.3, 0.4) is 0 Å². The van der Waals surface area contributed by atoms with Crippen molar-refractivity contribution in [2.45, 2.75) is 26.8 Å². The number of benzene rings is 2. The number of rotatable bonds is 5. The van der Waals surface area contributed by atoms with Gasteiger partial charge in [-0.15, -0.1) is 0 Å². The standard InChI is InChI=1S/C21H22N2O2/c1-14-19(17-9-6-10-18(24)13-17)20(21(22)25)15(2)23(14)12-11-16-7-4-3-5-8-16/h3-10,13,24H,11-12H2,1-2H3,(H2,22,25). The molecule has 0 saturated heterocycles. The van der Waals surface area contributed by atoms with Gasteiger partial charge in [0.2, 0.25) is 0 Å². The van der Waals surface area contributed by atoms with Crippen molar-refractivity contribution in [1.82, 2.24) is 4.57 Å². The summed E-state index contributed by atoms with van der Waals surface area (Å²) < 4.78 is 2.13. The second-order valence-electron chi connectivity index (χ2n) is 6.22. The molecule has 3 aromatic rings. The van der Waals surface area contributed by atoms with E-state index >= 15 is 0 Å². The summed E-state index contributed by atoms with van der Waals surface area (Å²) in [7, 11) is 0. The van der Waals surface area contributed by atoms with Gasteiger partial charge in [-0.2, -0.15) is 0 Å². The van der Waals surface area contributed by atoms with Gasteiger partial charge >= 0.3 is 0 Å². The summed E-state index contributed by atoms with van der Waals surface area (Å²) in [5.74, 6) is -0.278. The summed E-state index contributed by atoms with van der Waals surface area (Å²) in [5, 5.41) is 9.80. The van der Waals surface area contributed by atoms with Crippen LogP contribution in [-0.2, 0) is 13.0 Å². The van der Waals surface area contributed by atoms with Crippen LogP contribution in [0, 0.1) is 13.8 Å². The van der Waals surface area contributed by atoms with E-state index in [1.165, 1.54) is 5.56 Å². The molecule has 1 aromatic heterocycles. The summed E-state index contributed by atoms with van der Waals surface area (Å²) >= 11 is 0. The zero-order valence-corrected chi connectivity index (χ0v) is 14.5. The Bertz CT molecular complexity index is 911. The molecule has 1 heterocycles. The molecule has 0 aliphatic carbocycles. The maximum atomic E-state index is 12.1. The summed E-state index contributed by atoms with van der Waals surface area (Å²) in [4.78, 5) is 12.1. The van der Waals surface area contributed by atoms with E-state index in [1.807, 2.05) is 38.1 Å². The molecule has 0 atom stereocenters. The van der Waals surface area contributed by atoms with Gasteiger partial charge in [0, 0.05) is 23.5 Å². The Morgan fingerprint density at radius 3 is 2.40 bits per heavy atom. The van der Waals surface area contributed by atoms with E-state index in [2.05, 4.69) is 16.7 Å². The monoisotopic (exact) mass is 334 g/mol. The summed E-state index contributed by atoms with van der Waals surface area (Å²) in [5.41, 5.74) is 10.9. The summed E-state index contributed by atoms with van der Waals surface area (Å²) in [6, 6.07) is 17.2. The molecule has 0 bridgehead atoms. The third-order valence-corrected chi connectivity index (χ3v) is 4.63. The number of hydrogen-bond acceptors (Lipinski definition) is 2. The molecule has 0 aliphatic rings. The van der Waals surface area contributed by atoms with E-state index in [-0.39, 0.29) is 5.75 Å². The van der Waals surface area contributed by atoms with Gasteiger partial charge < -0.3 is 15.4 Å². The molecule has 3 rings (SSSR count). The Hall–Kier alpha value is -3.01. The number of primary amides is 1. The van der Waals surface area contributed by atoms with E-state index in [4.69, 9.17) is 5.73 Å². The topological polar surface area (TPSA) is 68.2 Å². The molecule has 0 aliphatic heterocycles. The Morgan fingerprint density at radius 2 is 1.76 bits per heavy atom. The Morgan fingerprint density at radius 1 is 1.04 bits per heavy atom. The molecule has 4 heteroatoms. The highest BCUT2D eigenvalue weighted by Gasteiger charge is 2.22. The van der Waals surface area contributed by atoms with E-state index in [1.54, 1.807) is 18.2 Å². The highest BCUT2D eigenvalue weighted by Crippen LogP contribution is 2.33. The molecule has 3 N–H and O–H groups in total. The number of amides is 1. The van der Waals surface area contributed by atoms with Crippen LogP contribution < -0.4 is 5.73 Å². The van der Waals surface area contributed by atoms with Crippen molar-refractivity contribution in [3.05, 3.63) is 77.1 Å². The van der Waals surface area contributed by atoms with Crippen LogP contribution in [0.25, 0.3) is 11.1 Å². The van der Waals surface area contributed by atoms with Crippen molar-refractivity contribution in [3.63, 3.8) is 0 Å². The number of carbonyl (C=O) groups excluding carboxylic acids is 1. The third-order valence-electron chi connectivity index (χ3n) is 4.63. The van der Waals surface area contributed by atoms with Crippen LogP contribution in [0.5, 0.6) is 5.75 Å². The minimum absolute atomic E-state index is 0.169. The number of aryl methyl sites for hydroxylation is 1. The van der Waals surface area contributed by atoms with E-state index in [0.29, 0.717) is 5.56 Å². The number of hydrogen-bond donors (Lipinski definition) is 2. The van der Waals surface area contributed by atoms with Crippen molar-refractivity contribution in [2.75, 3.05) is 0 Å². The zero-order chi connectivity index (χ0) is 18.0. The van der Waals surface area contributed by atoms with Crippen molar-refractivity contribution in [2.24, 2.45) is 5.73 Å². The molecule has 0 spiro atoms. The fourth-order valence-corrected chi connectivity index (χ4v) is 3.42. The SMILES string of the molecule is Cc1c(C(N)=O)c(-c2cccc(O)c2)c(C)n1CCc1ccccc1. The average Bonchev–Trinajstić information content (AvgIpc) is 2.84. The van der Waals surface area contributed by atoms with Crippen LogP contribution >= 0.6 is 0 Å². The van der Waals surface area contributed by atoms with Crippen LogP contribution in [-0.4, -0.2) is 15.6 Å². The van der Waals surface area contributed by atoms with Gasteiger partial charge in [0.15, 0.2) is 0 Å². The summed E-state index contributed by atoms with van der Waals surface area (Å²) in [6.45, 7) is 4.68. The molecule has 128 valence electrons. The molecule has 2 aromatic carbocycles. The largest absolute Gasteiger partial charge is 0.508 e. The predicted octanol–water partition coefficient (Wildman–Crippen LogP) is 3.82. The van der Waals surface area contributed by atoms with Gasteiger partial charge in [0.1, 0.15) is 5.75 Å². The number of phenols is 1. The second-order valence-corrected chi connectivity index (χ2v) is 6.22. The minimum atomic E-state index is -0.447. The normalized spacial score (nSPS) is 10.8. The first-order valence-corrected chi connectivity index (χ1v) is 8.32. The first-order valence-electron chi connectivity index (χ1n) is 8.32. The predicted molar refractivity (Wildman–Crippen MR) is 99.7 cm³/mol. The first kappa shape index (κ1) is 16.8. The zero-order valence-electron chi connectivity index (χ0n) is 14.5. The molecule has 25 heavy (non-hydrogen) atoms. The number of aromatic nitrogens is 1. The molecule has 4 nitrogen and oxygen atoms in total.